The zero-order valence-corrected chi connectivity index (χ0v) is 13.5. The quantitative estimate of drug-likeness (QED) is 0.857. The molecule has 1 aromatic carbocycles. The first-order valence-corrected chi connectivity index (χ1v) is 7.58. The lowest BCUT2D eigenvalue weighted by Crippen LogP contribution is -2.45. The molecule has 0 bridgehead atoms. The summed E-state index contributed by atoms with van der Waals surface area (Å²) in [4.78, 5) is 23.5. The molecule has 0 fully saturated rings. The molecule has 0 aliphatic heterocycles. The molecule has 2 rings (SSSR count). The molecule has 2 unspecified atom stereocenters. The standard InChI is InChI=1S/C17H21N3O3/c1-4-11(2)15(17(22)23)18-16(21)13-5-7-14(8-6-13)20-10-9-12(3)19-20/h5-11,15H,4H2,1-3H3,(H,18,21)(H,22,23). The van der Waals surface area contributed by atoms with E-state index in [9.17, 15) is 14.7 Å². The van der Waals surface area contributed by atoms with Gasteiger partial charge in [-0.15, -0.1) is 0 Å². The molecular formula is C17H21N3O3. The smallest absolute Gasteiger partial charge is 0.326 e. The third-order valence-corrected chi connectivity index (χ3v) is 3.88. The van der Waals surface area contributed by atoms with Crippen LogP contribution in [0.1, 0.15) is 36.3 Å². The summed E-state index contributed by atoms with van der Waals surface area (Å²) in [5.74, 6) is -1.54. The number of hydrogen-bond acceptors (Lipinski definition) is 3. The number of aromatic nitrogens is 2. The number of aliphatic carboxylic acids is 1. The van der Waals surface area contributed by atoms with Crippen molar-refractivity contribution in [2.45, 2.75) is 33.2 Å². The zero-order valence-electron chi connectivity index (χ0n) is 13.5. The van der Waals surface area contributed by atoms with E-state index in [1.807, 2.05) is 33.0 Å². The summed E-state index contributed by atoms with van der Waals surface area (Å²) in [7, 11) is 0. The fourth-order valence-electron chi connectivity index (χ4n) is 2.23. The van der Waals surface area contributed by atoms with Crippen LogP contribution in [0.3, 0.4) is 0 Å². The number of nitrogens with one attached hydrogen (secondary N) is 1. The van der Waals surface area contributed by atoms with Gasteiger partial charge >= 0.3 is 5.97 Å². The first kappa shape index (κ1) is 16.7. The molecule has 2 atom stereocenters. The molecule has 23 heavy (non-hydrogen) atoms. The van der Waals surface area contributed by atoms with Gasteiger partial charge in [0.25, 0.3) is 5.91 Å². The maximum atomic E-state index is 12.2. The van der Waals surface area contributed by atoms with Crippen LogP contribution in [0.4, 0.5) is 0 Å². The summed E-state index contributed by atoms with van der Waals surface area (Å²) in [6, 6.07) is 7.89. The number of nitrogens with zero attached hydrogens (tertiary/aromatic N) is 2. The van der Waals surface area contributed by atoms with Crippen LogP contribution >= 0.6 is 0 Å². The SMILES string of the molecule is CCC(C)C(NC(=O)c1ccc(-n2ccc(C)n2)cc1)C(=O)O. The van der Waals surface area contributed by atoms with E-state index in [1.54, 1.807) is 28.9 Å². The van der Waals surface area contributed by atoms with Crippen molar-refractivity contribution in [3.8, 4) is 5.69 Å². The van der Waals surface area contributed by atoms with Gasteiger partial charge in [0.1, 0.15) is 6.04 Å². The van der Waals surface area contributed by atoms with Crippen LogP contribution in [0.2, 0.25) is 0 Å². The van der Waals surface area contributed by atoms with Crippen molar-refractivity contribution in [1.82, 2.24) is 15.1 Å². The highest BCUT2D eigenvalue weighted by Crippen LogP contribution is 2.12. The van der Waals surface area contributed by atoms with Crippen LogP contribution in [0.15, 0.2) is 36.5 Å². The van der Waals surface area contributed by atoms with E-state index < -0.39 is 12.0 Å². The van der Waals surface area contributed by atoms with Crippen LogP contribution in [-0.2, 0) is 4.79 Å². The monoisotopic (exact) mass is 315 g/mol. The number of carbonyl (C=O) groups is 2. The van der Waals surface area contributed by atoms with Crippen LogP contribution in [0, 0.1) is 12.8 Å². The molecule has 6 heteroatoms. The highest BCUT2D eigenvalue weighted by atomic mass is 16.4. The topological polar surface area (TPSA) is 84.2 Å². The number of amides is 1. The van der Waals surface area contributed by atoms with E-state index in [1.165, 1.54) is 0 Å². The normalized spacial score (nSPS) is 13.3. The maximum Gasteiger partial charge on any atom is 0.326 e. The molecule has 0 saturated heterocycles. The number of carboxylic acid groups (broad SMARTS) is 1. The Labute approximate surface area is 135 Å². The molecule has 0 aliphatic carbocycles. The molecule has 0 radical (unpaired) electrons. The average Bonchev–Trinajstić information content (AvgIpc) is 2.98. The van der Waals surface area contributed by atoms with E-state index >= 15 is 0 Å². The van der Waals surface area contributed by atoms with Crippen LogP contribution in [0.25, 0.3) is 5.69 Å². The average molecular weight is 315 g/mol. The highest BCUT2D eigenvalue weighted by Gasteiger charge is 2.25. The maximum absolute atomic E-state index is 12.2. The van der Waals surface area contributed by atoms with Gasteiger partial charge in [0.2, 0.25) is 0 Å². The van der Waals surface area contributed by atoms with Crippen molar-refractivity contribution >= 4 is 11.9 Å². The van der Waals surface area contributed by atoms with Crippen LogP contribution in [-0.4, -0.2) is 32.8 Å². The molecular weight excluding hydrogens is 294 g/mol. The number of hydrogen-bond donors (Lipinski definition) is 2. The van der Waals surface area contributed by atoms with E-state index in [0.717, 1.165) is 11.4 Å². The molecule has 1 heterocycles. The van der Waals surface area contributed by atoms with Crippen molar-refractivity contribution in [2.75, 3.05) is 0 Å². The Kier molecular flexibility index (Phi) is 5.16. The third-order valence-electron chi connectivity index (χ3n) is 3.88. The summed E-state index contributed by atoms with van der Waals surface area (Å²) in [5, 5.41) is 16.1. The lowest BCUT2D eigenvalue weighted by molar-refractivity contribution is -0.140. The summed E-state index contributed by atoms with van der Waals surface area (Å²) in [6.45, 7) is 5.61. The fourth-order valence-corrected chi connectivity index (χ4v) is 2.23. The Morgan fingerprint density at radius 2 is 1.91 bits per heavy atom. The molecule has 2 N–H and O–H groups in total. The second-order valence-corrected chi connectivity index (χ2v) is 5.62. The van der Waals surface area contributed by atoms with Gasteiger partial charge in [-0.2, -0.15) is 5.10 Å². The Morgan fingerprint density at radius 1 is 1.26 bits per heavy atom. The first-order chi connectivity index (χ1) is 10.9. The van der Waals surface area contributed by atoms with Gasteiger partial charge in [-0.25, -0.2) is 9.48 Å². The number of carboxylic acids is 1. The minimum atomic E-state index is -1.02. The third kappa shape index (κ3) is 3.97. The van der Waals surface area contributed by atoms with Gasteiger partial charge in [0, 0.05) is 11.8 Å². The molecule has 0 aliphatic rings. The van der Waals surface area contributed by atoms with E-state index in [2.05, 4.69) is 10.4 Å². The summed E-state index contributed by atoms with van der Waals surface area (Å²) in [6.07, 6.45) is 2.52. The van der Waals surface area contributed by atoms with Gasteiger partial charge in [-0.3, -0.25) is 4.79 Å². The number of carbonyl (C=O) groups excluding carboxylic acids is 1. The predicted molar refractivity (Wildman–Crippen MR) is 86.6 cm³/mol. The molecule has 122 valence electrons. The Morgan fingerprint density at radius 3 is 2.39 bits per heavy atom. The largest absolute Gasteiger partial charge is 0.480 e. The number of benzene rings is 1. The zero-order chi connectivity index (χ0) is 17.0. The van der Waals surface area contributed by atoms with Crippen LogP contribution in [0.5, 0.6) is 0 Å². The minimum absolute atomic E-state index is 0.136. The van der Waals surface area contributed by atoms with Crippen molar-refractivity contribution < 1.29 is 14.7 Å². The van der Waals surface area contributed by atoms with Gasteiger partial charge in [-0.1, -0.05) is 20.3 Å². The minimum Gasteiger partial charge on any atom is -0.480 e. The first-order valence-electron chi connectivity index (χ1n) is 7.58. The van der Waals surface area contributed by atoms with E-state index in [-0.39, 0.29) is 11.8 Å². The Bertz CT molecular complexity index is 691. The fraction of sp³-hybridized carbons (Fsp3) is 0.353. The van der Waals surface area contributed by atoms with E-state index in [0.29, 0.717) is 12.0 Å². The van der Waals surface area contributed by atoms with Crippen molar-refractivity contribution in [3.63, 3.8) is 0 Å². The van der Waals surface area contributed by atoms with Crippen LogP contribution < -0.4 is 5.32 Å². The summed E-state index contributed by atoms with van der Waals surface area (Å²) in [5.41, 5.74) is 2.17. The Balaban J connectivity index is 2.12. The lowest BCUT2D eigenvalue weighted by Gasteiger charge is -2.20. The second-order valence-electron chi connectivity index (χ2n) is 5.62. The molecule has 1 aromatic heterocycles. The van der Waals surface area contributed by atoms with Crippen molar-refractivity contribution in [3.05, 3.63) is 47.8 Å². The Hall–Kier alpha value is -2.63. The van der Waals surface area contributed by atoms with E-state index in [4.69, 9.17) is 0 Å². The highest BCUT2D eigenvalue weighted by molar-refractivity contribution is 5.96. The molecule has 6 nitrogen and oxygen atoms in total. The molecule has 1 amide bonds. The van der Waals surface area contributed by atoms with Gasteiger partial charge in [0.05, 0.1) is 11.4 Å². The number of rotatable bonds is 6. The summed E-state index contributed by atoms with van der Waals surface area (Å²) >= 11 is 0. The van der Waals surface area contributed by atoms with Crippen molar-refractivity contribution in [2.24, 2.45) is 5.92 Å². The predicted octanol–water partition coefficient (Wildman–Crippen LogP) is 2.41. The lowest BCUT2D eigenvalue weighted by atomic mass is 9.99. The van der Waals surface area contributed by atoms with Crippen molar-refractivity contribution in [1.29, 1.82) is 0 Å². The molecule has 0 spiro atoms. The molecule has 2 aromatic rings. The summed E-state index contributed by atoms with van der Waals surface area (Å²) < 4.78 is 1.72. The van der Waals surface area contributed by atoms with Gasteiger partial charge in [-0.05, 0) is 43.2 Å². The molecule has 0 saturated carbocycles. The van der Waals surface area contributed by atoms with Gasteiger partial charge < -0.3 is 10.4 Å². The van der Waals surface area contributed by atoms with Gasteiger partial charge in [0.15, 0.2) is 0 Å². The number of aryl methyl sites for hydroxylation is 1. The second kappa shape index (κ2) is 7.09.